The topological polar surface area (TPSA) is 104 Å². The highest BCUT2D eigenvalue weighted by Gasteiger charge is 2.26. The van der Waals surface area contributed by atoms with Gasteiger partial charge in [0.1, 0.15) is 5.82 Å². The Morgan fingerprint density at radius 3 is 2.30 bits per heavy atom. The van der Waals surface area contributed by atoms with E-state index in [1.54, 1.807) is 0 Å². The van der Waals surface area contributed by atoms with Crippen molar-refractivity contribution >= 4 is 5.97 Å². The van der Waals surface area contributed by atoms with E-state index in [0.29, 0.717) is 23.9 Å². The first kappa shape index (κ1) is 24.2. The Hall–Kier alpha value is -4.53. The summed E-state index contributed by atoms with van der Waals surface area (Å²) in [5.41, 5.74) is 6.49. The van der Waals surface area contributed by atoms with Gasteiger partial charge in [0, 0.05) is 29.9 Å². The number of H-pyrrole nitrogens is 1. The van der Waals surface area contributed by atoms with E-state index in [2.05, 4.69) is 51.8 Å². The Bertz CT molecular complexity index is 1510. The second-order valence-electron chi connectivity index (χ2n) is 8.96. The number of carbonyl (C=O) groups is 1. The number of aryl methyl sites for hydroxylation is 3. The van der Waals surface area contributed by atoms with Gasteiger partial charge in [-0.2, -0.15) is 5.21 Å². The molecule has 0 unspecified atom stereocenters. The van der Waals surface area contributed by atoms with E-state index in [9.17, 15) is 4.79 Å². The minimum Gasteiger partial charge on any atom is -0.464 e. The molecule has 0 aliphatic carbocycles. The number of rotatable bonds is 8. The molecule has 37 heavy (non-hydrogen) atoms. The van der Waals surface area contributed by atoms with Crippen molar-refractivity contribution < 1.29 is 9.53 Å². The first-order chi connectivity index (χ1) is 18.0. The molecule has 3 aromatic heterocycles. The molecule has 0 spiro atoms. The zero-order chi connectivity index (χ0) is 25.9. The minimum atomic E-state index is -0.400. The lowest BCUT2D eigenvalue weighted by Gasteiger charge is -2.13. The van der Waals surface area contributed by atoms with Crippen molar-refractivity contribution in [3.8, 4) is 28.3 Å². The molecular formula is C28H29N7O2. The molecule has 9 heteroatoms. The van der Waals surface area contributed by atoms with Crippen LogP contribution in [-0.4, -0.2) is 47.8 Å². The van der Waals surface area contributed by atoms with Gasteiger partial charge in [0.15, 0.2) is 11.5 Å². The van der Waals surface area contributed by atoms with Crippen molar-refractivity contribution in [2.24, 2.45) is 0 Å². The third kappa shape index (κ3) is 4.55. The van der Waals surface area contributed by atoms with E-state index < -0.39 is 5.97 Å². The number of hydrogen-bond donors (Lipinski definition) is 1. The van der Waals surface area contributed by atoms with Gasteiger partial charge in [-0.25, -0.2) is 9.78 Å². The summed E-state index contributed by atoms with van der Waals surface area (Å²) < 4.78 is 9.22. The van der Waals surface area contributed by atoms with E-state index in [1.807, 2.05) is 59.4 Å². The Kier molecular flexibility index (Phi) is 6.68. The Balaban J connectivity index is 1.55. The number of carbonyl (C=O) groups excluding carboxylic acids is 1. The maximum absolute atomic E-state index is 13.1. The van der Waals surface area contributed by atoms with Crippen LogP contribution in [0.3, 0.4) is 0 Å². The van der Waals surface area contributed by atoms with Crippen molar-refractivity contribution in [1.82, 2.24) is 34.7 Å². The Morgan fingerprint density at radius 2 is 1.68 bits per heavy atom. The number of aromatic amines is 1. The molecule has 1 N–H and O–H groups in total. The number of ether oxygens (including phenoxy) is 1. The molecule has 0 amide bonds. The number of imidazole rings is 1. The van der Waals surface area contributed by atoms with E-state index in [0.717, 1.165) is 52.3 Å². The highest BCUT2D eigenvalue weighted by atomic mass is 16.5. The second kappa shape index (κ2) is 10.2. The average Bonchev–Trinajstić information content (AvgIpc) is 3.64. The van der Waals surface area contributed by atoms with Gasteiger partial charge in [0.25, 0.3) is 0 Å². The van der Waals surface area contributed by atoms with Crippen LogP contribution in [0.1, 0.15) is 46.6 Å². The van der Waals surface area contributed by atoms with E-state index >= 15 is 0 Å². The quantitative estimate of drug-likeness (QED) is 0.306. The number of methoxy groups -OCH3 is 1. The Labute approximate surface area is 215 Å². The van der Waals surface area contributed by atoms with E-state index in [4.69, 9.17) is 9.72 Å². The molecule has 0 aliphatic rings. The molecule has 3 heterocycles. The van der Waals surface area contributed by atoms with Gasteiger partial charge >= 0.3 is 5.97 Å². The van der Waals surface area contributed by atoms with Gasteiger partial charge in [-0.05, 0) is 54.3 Å². The van der Waals surface area contributed by atoms with Gasteiger partial charge in [0.2, 0.25) is 5.82 Å². The summed E-state index contributed by atoms with van der Waals surface area (Å²) >= 11 is 0. The lowest BCUT2D eigenvalue weighted by Crippen LogP contribution is -2.16. The van der Waals surface area contributed by atoms with Crippen LogP contribution in [0.2, 0.25) is 0 Å². The summed E-state index contributed by atoms with van der Waals surface area (Å²) in [4.78, 5) is 18.0. The summed E-state index contributed by atoms with van der Waals surface area (Å²) in [6.45, 7) is 6.63. The average molecular weight is 496 g/mol. The molecule has 0 saturated carbocycles. The van der Waals surface area contributed by atoms with Crippen molar-refractivity contribution in [2.45, 2.75) is 40.2 Å². The third-order valence-corrected chi connectivity index (χ3v) is 6.48. The molecular weight excluding hydrogens is 466 g/mol. The number of tetrazole rings is 1. The summed E-state index contributed by atoms with van der Waals surface area (Å²) in [5.74, 6) is 1.62. The smallest absolute Gasteiger partial charge is 0.358 e. The van der Waals surface area contributed by atoms with Crippen molar-refractivity contribution in [2.75, 3.05) is 7.11 Å². The number of esters is 1. The van der Waals surface area contributed by atoms with E-state index in [1.165, 1.54) is 7.11 Å². The molecule has 0 saturated heterocycles. The minimum absolute atomic E-state index is 0.400. The molecule has 188 valence electrons. The van der Waals surface area contributed by atoms with Crippen LogP contribution in [0.15, 0.2) is 60.7 Å². The van der Waals surface area contributed by atoms with Crippen LogP contribution in [0.5, 0.6) is 0 Å². The lowest BCUT2D eigenvalue weighted by atomic mass is 9.98. The fraction of sp³-hybridized carbons (Fsp3) is 0.250. The molecule has 0 radical (unpaired) electrons. The summed E-state index contributed by atoms with van der Waals surface area (Å²) in [7, 11) is 1.41. The molecule has 9 nitrogen and oxygen atoms in total. The number of hydrogen-bond acceptors (Lipinski definition) is 6. The fourth-order valence-electron chi connectivity index (χ4n) is 4.70. The first-order valence-corrected chi connectivity index (χ1v) is 12.3. The van der Waals surface area contributed by atoms with Crippen molar-refractivity contribution in [3.63, 3.8) is 0 Å². The lowest BCUT2D eigenvalue weighted by molar-refractivity contribution is 0.0588. The third-order valence-electron chi connectivity index (χ3n) is 6.48. The van der Waals surface area contributed by atoms with Crippen LogP contribution in [0.4, 0.5) is 0 Å². The molecule has 0 aliphatic heterocycles. The maximum Gasteiger partial charge on any atom is 0.358 e. The monoisotopic (exact) mass is 495 g/mol. The van der Waals surface area contributed by atoms with Crippen LogP contribution in [0.25, 0.3) is 28.3 Å². The van der Waals surface area contributed by atoms with Gasteiger partial charge < -0.3 is 13.9 Å². The predicted molar refractivity (Wildman–Crippen MR) is 141 cm³/mol. The molecule has 5 aromatic rings. The van der Waals surface area contributed by atoms with E-state index in [-0.39, 0.29) is 0 Å². The fourth-order valence-corrected chi connectivity index (χ4v) is 4.70. The number of benzene rings is 2. The highest BCUT2D eigenvalue weighted by molar-refractivity contribution is 5.91. The summed E-state index contributed by atoms with van der Waals surface area (Å²) in [6.07, 6.45) is 1.66. The predicted octanol–water partition coefficient (Wildman–Crippen LogP) is 4.93. The first-order valence-electron chi connectivity index (χ1n) is 12.3. The second-order valence-corrected chi connectivity index (χ2v) is 8.96. The summed E-state index contributed by atoms with van der Waals surface area (Å²) in [5, 5.41) is 14.5. The highest BCUT2D eigenvalue weighted by Crippen LogP contribution is 2.30. The summed E-state index contributed by atoms with van der Waals surface area (Å²) in [6, 6.07) is 20.3. The van der Waals surface area contributed by atoms with Crippen molar-refractivity contribution in [3.05, 3.63) is 89.1 Å². The number of nitrogens with one attached hydrogen (secondary N) is 1. The largest absolute Gasteiger partial charge is 0.464 e. The molecule has 0 bridgehead atoms. The van der Waals surface area contributed by atoms with Crippen LogP contribution < -0.4 is 0 Å². The normalized spacial score (nSPS) is 11.1. The van der Waals surface area contributed by atoms with Crippen molar-refractivity contribution in [1.29, 1.82) is 0 Å². The maximum atomic E-state index is 13.1. The zero-order valence-corrected chi connectivity index (χ0v) is 21.4. The molecule has 5 rings (SSSR count). The van der Waals surface area contributed by atoms with Crippen LogP contribution >= 0.6 is 0 Å². The molecule has 2 aromatic carbocycles. The SMILES string of the molecule is CCCc1nc(-n2c(C)ccc2C)c(C(=O)OC)n1Cc1ccc(-c2ccccc2-c2nn[nH]n2)cc1. The molecule has 0 atom stereocenters. The number of nitrogens with zero attached hydrogens (tertiary/aromatic N) is 6. The zero-order valence-electron chi connectivity index (χ0n) is 21.4. The van der Waals surface area contributed by atoms with Crippen LogP contribution in [0, 0.1) is 13.8 Å². The molecule has 0 fully saturated rings. The van der Waals surface area contributed by atoms with Gasteiger partial charge in [-0.1, -0.05) is 55.5 Å². The number of aromatic nitrogens is 7. The van der Waals surface area contributed by atoms with Gasteiger partial charge in [-0.15, -0.1) is 10.2 Å². The van der Waals surface area contributed by atoms with Gasteiger partial charge in [-0.3, -0.25) is 0 Å². The Morgan fingerprint density at radius 1 is 0.973 bits per heavy atom. The van der Waals surface area contributed by atoms with Crippen LogP contribution in [-0.2, 0) is 17.7 Å². The standard InChI is InChI=1S/C28H29N7O2/c1-5-8-24-29-27(35-18(2)11-12-19(35)3)25(28(36)37-4)34(24)17-20-13-15-21(16-14-20)22-9-6-7-10-23(22)26-30-32-33-31-26/h6-7,9-16H,5,8,17H2,1-4H3,(H,30,31,32,33). The van der Waals surface area contributed by atoms with Gasteiger partial charge in [0.05, 0.1) is 7.11 Å².